The van der Waals surface area contributed by atoms with E-state index in [1.165, 1.54) is 0 Å². The van der Waals surface area contributed by atoms with Crippen molar-refractivity contribution in [3.63, 3.8) is 0 Å². The molecular formula is C10H19NO3. The molecule has 14 heavy (non-hydrogen) atoms. The van der Waals surface area contributed by atoms with Crippen molar-refractivity contribution < 1.29 is 14.6 Å². The molecule has 0 bridgehead atoms. The van der Waals surface area contributed by atoms with Crippen LogP contribution in [0.1, 0.15) is 32.6 Å². The smallest absolute Gasteiger partial charge is 0.163 e. The molecule has 82 valence electrons. The van der Waals surface area contributed by atoms with Crippen LogP contribution < -0.4 is 0 Å². The van der Waals surface area contributed by atoms with E-state index in [0.717, 1.165) is 12.8 Å². The molecule has 1 saturated heterocycles. The summed E-state index contributed by atoms with van der Waals surface area (Å²) in [4.78, 5) is 0. The first-order chi connectivity index (χ1) is 6.74. The summed E-state index contributed by atoms with van der Waals surface area (Å²) in [5, 5.41) is 17.2. The maximum atomic E-state index is 9.57. The van der Waals surface area contributed by atoms with E-state index in [0.29, 0.717) is 31.8 Å². The Balaban J connectivity index is 2.18. The molecule has 0 aromatic heterocycles. The Morgan fingerprint density at radius 2 is 2.14 bits per heavy atom. The highest BCUT2D eigenvalue weighted by molar-refractivity contribution is 5.85. The third-order valence-corrected chi connectivity index (χ3v) is 2.31. The van der Waals surface area contributed by atoms with Gasteiger partial charge in [0.1, 0.15) is 0 Å². The van der Waals surface area contributed by atoms with Gasteiger partial charge in [0.15, 0.2) is 6.29 Å². The lowest BCUT2D eigenvalue weighted by Gasteiger charge is -2.14. The quantitative estimate of drug-likeness (QED) is 0.637. The first kappa shape index (κ1) is 11.6. The number of rotatable bonds is 6. The van der Waals surface area contributed by atoms with Crippen molar-refractivity contribution in [1.82, 2.24) is 0 Å². The summed E-state index contributed by atoms with van der Waals surface area (Å²) in [5.41, 5.74) is 0.324. The fraction of sp³-hybridized carbons (Fsp3) is 0.900. The van der Waals surface area contributed by atoms with Crippen molar-refractivity contribution in [2.75, 3.05) is 13.2 Å². The summed E-state index contributed by atoms with van der Waals surface area (Å²) in [6, 6.07) is 0. The third kappa shape index (κ3) is 3.74. The van der Waals surface area contributed by atoms with Crippen LogP contribution in [0.4, 0.5) is 0 Å². The van der Waals surface area contributed by atoms with Gasteiger partial charge in [-0.2, -0.15) is 0 Å². The molecule has 0 saturated carbocycles. The fourth-order valence-corrected chi connectivity index (χ4v) is 1.41. The van der Waals surface area contributed by atoms with Crippen LogP contribution in [-0.2, 0) is 9.47 Å². The van der Waals surface area contributed by atoms with Crippen LogP contribution >= 0.6 is 0 Å². The number of hydrogen-bond donors (Lipinski definition) is 2. The van der Waals surface area contributed by atoms with Gasteiger partial charge in [-0.05, 0) is 6.42 Å². The summed E-state index contributed by atoms with van der Waals surface area (Å²) in [6.07, 6.45) is 2.13. The van der Waals surface area contributed by atoms with Crippen LogP contribution in [0.5, 0.6) is 0 Å². The number of ether oxygens (including phenoxy) is 2. The molecule has 0 spiro atoms. The number of unbranched alkanes of at least 4 members (excludes halogenated alkanes) is 1. The Hall–Kier alpha value is -0.450. The van der Waals surface area contributed by atoms with E-state index in [9.17, 15) is 5.11 Å². The minimum atomic E-state index is -0.622. The minimum Gasteiger partial charge on any atom is -0.387 e. The monoisotopic (exact) mass is 201 g/mol. The van der Waals surface area contributed by atoms with E-state index in [4.69, 9.17) is 14.9 Å². The number of aliphatic hydroxyl groups is 1. The number of aliphatic hydroxyl groups excluding tert-OH is 1. The molecule has 1 fully saturated rings. The molecule has 0 aliphatic carbocycles. The standard InChI is InChI=1S/C10H19NO3/c1-2-3-4-9(12)8(11)7-10-13-5-6-14-10/h9-12H,2-7H2,1H3. The van der Waals surface area contributed by atoms with Crippen molar-refractivity contribution in [2.45, 2.75) is 45.0 Å². The first-order valence-electron chi connectivity index (χ1n) is 5.22. The van der Waals surface area contributed by atoms with Crippen molar-refractivity contribution in [3.05, 3.63) is 0 Å². The fourth-order valence-electron chi connectivity index (χ4n) is 1.41. The summed E-state index contributed by atoms with van der Waals surface area (Å²) >= 11 is 0. The second-order valence-corrected chi connectivity index (χ2v) is 3.56. The molecule has 0 aromatic rings. The minimum absolute atomic E-state index is 0.307. The molecule has 0 aromatic carbocycles. The highest BCUT2D eigenvalue weighted by Crippen LogP contribution is 2.12. The molecule has 2 N–H and O–H groups in total. The first-order valence-corrected chi connectivity index (χ1v) is 5.22. The van der Waals surface area contributed by atoms with Crippen LogP contribution in [-0.4, -0.2) is 36.4 Å². The molecule has 1 unspecified atom stereocenters. The Kier molecular flexibility index (Phi) is 5.07. The van der Waals surface area contributed by atoms with Gasteiger partial charge in [0.2, 0.25) is 0 Å². The largest absolute Gasteiger partial charge is 0.387 e. The number of nitrogens with one attached hydrogen (secondary N) is 1. The summed E-state index contributed by atoms with van der Waals surface area (Å²) < 4.78 is 10.4. The van der Waals surface area contributed by atoms with Crippen LogP contribution in [0, 0.1) is 5.41 Å². The van der Waals surface area contributed by atoms with Gasteiger partial charge in [-0.15, -0.1) is 0 Å². The van der Waals surface area contributed by atoms with Crippen molar-refractivity contribution in [1.29, 1.82) is 5.41 Å². The maximum absolute atomic E-state index is 9.57. The van der Waals surface area contributed by atoms with E-state index in [1.54, 1.807) is 0 Å². The van der Waals surface area contributed by atoms with E-state index in [2.05, 4.69) is 6.92 Å². The van der Waals surface area contributed by atoms with Crippen LogP contribution in [0.3, 0.4) is 0 Å². The lowest BCUT2D eigenvalue weighted by atomic mass is 10.1. The normalized spacial score (nSPS) is 19.9. The lowest BCUT2D eigenvalue weighted by molar-refractivity contribution is -0.0363. The van der Waals surface area contributed by atoms with Crippen LogP contribution in [0.15, 0.2) is 0 Å². The zero-order valence-electron chi connectivity index (χ0n) is 8.66. The summed E-state index contributed by atoms with van der Waals surface area (Å²) in [6.45, 7) is 3.27. The second-order valence-electron chi connectivity index (χ2n) is 3.56. The molecule has 4 heteroatoms. The lowest BCUT2D eigenvalue weighted by Crippen LogP contribution is -2.24. The molecule has 1 heterocycles. The van der Waals surface area contributed by atoms with Gasteiger partial charge in [-0.1, -0.05) is 19.8 Å². The molecule has 0 radical (unpaired) electrons. The molecule has 1 aliphatic heterocycles. The van der Waals surface area contributed by atoms with Crippen molar-refractivity contribution >= 4 is 5.71 Å². The van der Waals surface area contributed by atoms with Crippen LogP contribution in [0.2, 0.25) is 0 Å². The van der Waals surface area contributed by atoms with E-state index in [1.807, 2.05) is 0 Å². The summed E-state index contributed by atoms with van der Waals surface area (Å²) in [7, 11) is 0. The molecular weight excluding hydrogens is 182 g/mol. The topological polar surface area (TPSA) is 62.5 Å². The Morgan fingerprint density at radius 1 is 1.50 bits per heavy atom. The van der Waals surface area contributed by atoms with E-state index >= 15 is 0 Å². The predicted molar refractivity (Wildman–Crippen MR) is 53.6 cm³/mol. The van der Waals surface area contributed by atoms with Gasteiger partial charge in [-0.25, -0.2) is 0 Å². The highest BCUT2D eigenvalue weighted by Gasteiger charge is 2.21. The third-order valence-electron chi connectivity index (χ3n) is 2.31. The van der Waals surface area contributed by atoms with Crippen molar-refractivity contribution in [3.8, 4) is 0 Å². The van der Waals surface area contributed by atoms with E-state index < -0.39 is 6.10 Å². The Bertz CT molecular complexity index is 178. The second kappa shape index (κ2) is 6.11. The van der Waals surface area contributed by atoms with Gasteiger partial charge in [0, 0.05) is 12.1 Å². The molecule has 0 amide bonds. The van der Waals surface area contributed by atoms with Gasteiger partial charge >= 0.3 is 0 Å². The zero-order chi connectivity index (χ0) is 10.4. The van der Waals surface area contributed by atoms with Gasteiger partial charge in [-0.3, -0.25) is 0 Å². The molecule has 1 atom stereocenters. The molecule has 4 nitrogen and oxygen atoms in total. The molecule has 1 rings (SSSR count). The highest BCUT2D eigenvalue weighted by atomic mass is 16.7. The molecule has 1 aliphatic rings. The zero-order valence-corrected chi connectivity index (χ0v) is 8.66. The SMILES string of the molecule is CCCCC(O)C(=N)CC1OCCO1. The average molecular weight is 201 g/mol. The van der Waals surface area contributed by atoms with Crippen LogP contribution in [0.25, 0.3) is 0 Å². The Labute approximate surface area is 84.7 Å². The van der Waals surface area contributed by atoms with E-state index in [-0.39, 0.29) is 6.29 Å². The van der Waals surface area contributed by atoms with Gasteiger partial charge < -0.3 is 20.0 Å². The van der Waals surface area contributed by atoms with Gasteiger partial charge in [0.25, 0.3) is 0 Å². The summed E-state index contributed by atoms with van der Waals surface area (Å²) in [5.74, 6) is 0. The predicted octanol–water partition coefficient (Wildman–Crippen LogP) is 1.32. The Morgan fingerprint density at radius 3 is 2.71 bits per heavy atom. The van der Waals surface area contributed by atoms with Gasteiger partial charge in [0.05, 0.1) is 19.3 Å². The number of hydrogen-bond acceptors (Lipinski definition) is 4. The average Bonchev–Trinajstić information content (AvgIpc) is 2.66. The van der Waals surface area contributed by atoms with Crippen molar-refractivity contribution in [2.24, 2.45) is 0 Å². The maximum Gasteiger partial charge on any atom is 0.163 e.